The van der Waals surface area contributed by atoms with E-state index in [4.69, 9.17) is 9.72 Å². The van der Waals surface area contributed by atoms with Crippen molar-refractivity contribution in [3.05, 3.63) is 76.9 Å². The number of rotatable bonds is 13. The summed E-state index contributed by atoms with van der Waals surface area (Å²) in [7, 11) is 0. The van der Waals surface area contributed by atoms with Crippen LogP contribution in [0.15, 0.2) is 48.7 Å². The van der Waals surface area contributed by atoms with Crippen LogP contribution in [0, 0.1) is 5.82 Å². The Morgan fingerprint density at radius 3 is 2.62 bits per heavy atom. The third-order valence-electron chi connectivity index (χ3n) is 9.56. The Morgan fingerprint density at radius 1 is 1.00 bits per heavy atom. The van der Waals surface area contributed by atoms with E-state index in [0.717, 1.165) is 96.7 Å². The van der Waals surface area contributed by atoms with Crippen molar-refractivity contribution in [1.29, 1.82) is 0 Å². The number of nitrogens with zero attached hydrogens (tertiary/aromatic N) is 4. The smallest absolute Gasteiger partial charge is 0.229 e. The van der Waals surface area contributed by atoms with Gasteiger partial charge in [-0.2, -0.15) is 5.10 Å². The van der Waals surface area contributed by atoms with Crippen LogP contribution in [-0.4, -0.2) is 76.9 Å². The van der Waals surface area contributed by atoms with Crippen LogP contribution in [0.2, 0.25) is 0 Å². The van der Waals surface area contributed by atoms with E-state index in [-0.39, 0.29) is 37.3 Å². The summed E-state index contributed by atoms with van der Waals surface area (Å²) in [4.78, 5) is 33.2. The van der Waals surface area contributed by atoms with Crippen molar-refractivity contribution in [2.45, 2.75) is 78.2 Å². The molecule has 6 rings (SSSR count). The predicted molar refractivity (Wildman–Crippen MR) is 193 cm³/mol. The molecular formula is C38H49FN8O3. The molecule has 50 heavy (non-hydrogen) atoms. The quantitative estimate of drug-likeness (QED) is 0.152. The number of aryl methyl sites for hydroxylation is 2. The van der Waals surface area contributed by atoms with Gasteiger partial charge in [-0.05, 0) is 80.6 Å². The highest BCUT2D eigenvalue weighted by atomic mass is 19.1. The number of benzene rings is 2. The molecule has 4 heterocycles. The van der Waals surface area contributed by atoms with Crippen LogP contribution in [0.1, 0.15) is 61.9 Å². The molecule has 0 aliphatic carbocycles. The minimum absolute atomic E-state index is 0.182. The van der Waals surface area contributed by atoms with Crippen LogP contribution >= 0.6 is 0 Å². The summed E-state index contributed by atoms with van der Waals surface area (Å²) in [6.07, 6.45) is 5.07. The number of nitrogens with one attached hydrogen (secondary N) is 4. The van der Waals surface area contributed by atoms with Crippen molar-refractivity contribution >= 4 is 28.5 Å². The normalized spacial score (nSPS) is 15.9. The molecule has 2 aliphatic rings. The van der Waals surface area contributed by atoms with E-state index in [1.54, 1.807) is 12.1 Å². The minimum atomic E-state index is -0.406. The molecule has 12 heteroatoms. The molecule has 266 valence electrons. The Balaban J connectivity index is 1.07. The van der Waals surface area contributed by atoms with Crippen LogP contribution in [0.5, 0.6) is 0 Å². The molecule has 2 aromatic heterocycles. The molecule has 4 N–H and O–H groups in total. The van der Waals surface area contributed by atoms with Gasteiger partial charge in [-0.25, -0.2) is 14.1 Å². The van der Waals surface area contributed by atoms with Gasteiger partial charge < -0.3 is 26.0 Å². The van der Waals surface area contributed by atoms with Crippen LogP contribution in [0.25, 0.3) is 22.2 Å². The number of halogens is 1. The monoisotopic (exact) mass is 684 g/mol. The zero-order valence-electron chi connectivity index (χ0n) is 29.2. The van der Waals surface area contributed by atoms with Gasteiger partial charge in [0.15, 0.2) is 5.65 Å². The number of ether oxygens (including phenoxy) is 1. The van der Waals surface area contributed by atoms with Gasteiger partial charge in [0.1, 0.15) is 12.2 Å². The van der Waals surface area contributed by atoms with Gasteiger partial charge in [0.2, 0.25) is 11.8 Å². The van der Waals surface area contributed by atoms with Gasteiger partial charge in [-0.1, -0.05) is 31.2 Å². The van der Waals surface area contributed by atoms with Gasteiger partial charge in [0.05, 0.1) is 17.3 Å². The summed E-state index contributed by atoms with van der Waals surface area (Å²) in [6, 6.07) is 13.1. The van der Waals surface area contributed by atoms with Crippen molar-refractivity contribution in [2.24, 2.45) is 0 Å². The molecule has 0 atom stereocenters. The number of hydrogen-bond donors (Lipinski definition) is 4. The zero-order valence-corrected chi connectivity index (χ0v) is 29.2. The summed E-state index contributed by atoms with van der Waals surface area (Å²) in [5.74, 6) is -1.11. The molecule has 2 aliphatic heterocycles. The molecule has 2 aromatic carbocycles. The summed E-state index contributed by atoms with van der Waals surface area (Å²) in [5, 5.41) is 18.4. The number of anilines is 1. The van der Waals surface area contributed by atoms with Crippen LogP contribution in [0.4, 0.5) is 10.1 Å². The first-order valence-electron chi connectivity index (χ1n) is 18.0. The maximum absolute atomic E-state index is 15.0. The number of fused-ring (bicyclic) bond motifs is 1. The van der Waals surface area contributed by atoms with Crippen LogP contribution < -0.4 is 21.3 Å². The van der Waals surface area contributed by atoms with E-state index in [1.807, 2.05) is 42.9 Å². The number of carbonyl (C=O) groups is 2. The van der Waals surface area contributed by atoms with Crippen LogP contribution in [-0.2, 0) is 46.9 Å². The Kier molecular flexibility index (Phi) is 12.1. The van der Waals surface area contributed by atoms with E-state index in [0.29, 0.717) is 31.7 Å². The predicted octanol–water partition coefficient (Wildman–Crippen LogP) is 4.53. The summed E-state index contributed by atoms with van der Waals surface area (Å²) in [5.41, 5.74) is 6.70. The number of pyridine rings is 1. The summed E-state index contributed by atoms with van der Waals surface area (Å²) >= 11 is 0. The lowest BCUT2D eigenvalue weighted by Crippen LogP contribution is -2.32. The molecule has 0 spiro atoms. The van der Waals surface area contributed by atoms with E-state index >= 15 is 4.39 Å². The molecule has 2 amide bonds. The molecular weight excluding hydrogens is 635 g/mol. The second-order valence-corrected chi connectivity index (χ2v) is 13.1. The summed E-state index contributed by atoms with van der Waals surface area (Å²) in [6.45, 7) is 11.4. The standard InChI is InChI=1S/C38H49FN8O3/c1-3-34-31(37(44-29-11-17-50-18-12-29)32-24-43-47(4-2)38(32)45-34)23-42-36(49)21-35(48)41-22-26-9-10-33(39)30(20-26)28-8-5-7-27(19-28)25-46-15-6-13-40-14-16-46/h5,7-10,19-20,24,29,40H,3-4,6,11-18,21-23,25H2,1-2H3,(H,41,48)(H,42,49)(H,44,45). The number of carbonyl (C=O) groups excluding carboxylic acids is 2. The molecule has 0 radical (unpaired) electrons. The lowest BCUT2D eigenvalue weighted by atomic mass is 10.00. The highest BCUT2D eigenvalue weighted by Crippen LogP contribution is 2.31. The first-order valence-corrected chi connectivity index (χ1v) is 18.0. The maximum Gasteiger partial charge on any atom is 0.229 e. The third-order valence-corrected chi connectivity index (χ3v) is 9.56. The van der Waals surface area contributed by atoms with Crippen molar-refractivity contribution in [2.75, 3.05) is 44.7 Å². The molecule has 0 unspecified atom stereocenters. The molecule has 0 saturated carbocycles. The molecule has 2 fully saturated rings. The molecule has 11 nitrogen and oxygen atoms in total. The first kappa shape index (κ1) is 35.4. The molecule has 4 aromatic rings. The Labute approximate surface area is 293 Å². The lowest BCUT2D eigenvalue weighted by molar-refractivity contribution is -0.129. The number of hydrogen-bond acceptors (Lipinski definition) is 8. The number of amides is 2. The molecule has 2 saturated heterocycles. The average molecular weight is 685 g/mol. The van der Waals surface area contributed by atoms with Crippen molar-refractivity contribution in [3.8, 4) is 11.1 Å². The maximum atomic E-state index is 15.0. The van der Waals surface area contributed by atoms with Gasteiger partial charge in [0.25, 0.3) is 0 Å². The second kappa shape index (κ2) is 17.0. The minimum Gasteiger partial charge on any atom is -0.381 e. The van der Waals surface area contributed by atoms with Gasteiger partial charge in [-0.15, -0.1) is 0 Å². The zero-order chi connectivity index (χ0) is 34.9. The van der Waals surface area contributed by atoms with Crippen molar-refractivity contribution < 1.29 is 18.7 Å². The average Bonchev–Trinajstić information content (AvgIpc) is 3.37. The topological polar surface area (TPSA) is 125 Å². The van der Waals surface area contributed by atoms with E-state index < -0.39 is 5.91 Å². The third kappa shape index (κ3) is 8.85. The fraction of sp³-hybridized carbons (Fsp3) is 0.474. The Morgan fingerprint density at radius 2 is 1.82 bits per heavy atom. The highest BCUT2D eigenvalue weighted by Gasteiger charge is 2.22. The highest BCUT2D eigenvalue weighted by molar-refractivity contribution is 5.97. The van der Waals surface area contributed by atoms with Gasteiger partial charge in [0, 0.05) is 75.3 Å². The fourth-order valence-electron chi connectivity index (χ4n) is 6.82. The summed E-state index contributed by atoms with van der Waals surface area (Å²) < 4.78 is 22.5. The number of aromatic nitrogens is 3. The lowest BCUT2D eigenvalue weighted by Gasteiger charge is -2.26. The Bertz CT molecular complexity index is 1780. The van der Waals surface area contributed by atoms with E-state index in [1.165, 1.54) is 6.07 Å². The Hall–Kier alpha value is -4.39. The van der Waals surface area contributed by atoms with Gasteiger partial charge in [-0.3, -0.25) is 14.5 Å². The van der Waals surface area contributed by atoms with Crippen LogP contribution in [0.3, 0.4) is 0 Å². The molecule has 0 bridgehead atoms. The van der Waals surface area contributed by atoms with E-state index in [2.05, 4.69) is 37.3 Å². The fourth-order valence-corrected chi connectivity index (χ4v) is 6.82. The SMILES string of the molecule is CCc1nc2c(cnn2CC)c(NC2CCOCC2)c1CNC(=O)CC(=O)NCc1ccc(F)c(-c2cccc(CN3CCCNCC3)c2)c1. The van der Waals surface area contributed by atoms with Crippen molar-refractivity contribution in [3.63, 3.8) is 0 Å². The first-order chi connectivity index (χ1) is 24.4. The van der Waals surface area contributed by atoms with Crippen molar-refractivity contribution in [1.82, 2.24) is 35.6 Å². The largest absolute Gasteiger partial charge is 0.381 e. The van der Waals surface area contributed by atoms with Gasteiger partial charge >= 0.3 is 0 Å². The second-order valence-electron chi connectivity index (χ2n) is 13.1. The van der Waals surface area contributed by atoms with E-state index in [9.17, 15) is 9.59 Å².